The van der Waals surface area contributed by atoms with Gasteiger partial charge in [-0.2, -0.15) is 0 Å². The third-order valence-corrected chi connectivity index (χ3v) is 5.68. The molecule has 0 saturated carbocycles. The fourth-order valence-electron chi connectivity index (χ4n) is 2.51. The monoisotopic (exact) mass is 456 g/mol. The van der Waals surface area contributed by atoms with Crippen molar-refractivity contribution < 1.29 is 23.2 Å². The molecule has 3 amide bonds. The highest BCUT2D eigenvalue weighted by Gasteiger charge is 2.34. The number of hydrogen-bond acceptors (Lipinski definition) is 4. The second-order valence-corrected chi connectivity index (χ2v) is 7.63. The first-order chi connectivity index (χ1) is 13.8. The summed E-state index contributed by atoms with van der Waals surface area (Å²) < 4.78 is 26.8. The smallest absolute Gasteiger partial charge is 0.293 e. The molecule has 1 fully saturated rings. The van der Waals surface area contributed by atoms with Crippen LogP contribution in [-0.4, -0.2) is 35.0 Å². The summed E-state index contributed by atoms with van der Waals surface area (Å²) in [5.41, 5.74) is 0.0224. The van der Waals surface area contributed by atoms with E-state index in [1.807, 2.05) is 0 Å². The molecule has 0 spiro atoms. The van der Waals surface area contributed by atoms with Crippen molar-refractivity contribution in [2.75, 3.05) is 13.1 Å². The van der Waals surface area contributed by atoms with Crippen molar-refractivity contribution in [2.45, 2.75) is 0 Å². The topological polar surface area (TPSA) is 66.5 Å². The summed E-state index contributed by atoms with van der Waals surface area (Å²) in [7, 11) is 0. The Balaban J connectivity index is 1.65. The molecule has 1 aliphatic rings. The highest BCUT2D eigenvalue weighted by molar-refractivity contribution is 8.18. The van der Waals surface area contributed by atoms with Gasteiger partial charge in [0.15, 0.2) is 0 Å². The number of nitrogens with zero attached hydrogens (tertiary/aromatic N) is 1. The van der Waals surface area contributed by atoms with Crippen LogP contribution < -0.4 is 5.32 Å². The van der Waals surface area contributed by atoms with Crippen LogP contribution in [0.25, 0.3) is 6.08 Å². The minimum atomic E-state index is -0.878. The van der Waals surface area contributed by atoms with E-state index >= 15 is 0 Å². The van der Waals surface area contributed by atoms with Crippen molar-refractivity contribution >= 4 is 58.1 Å². The van der Waals surface area contributed by atoms with Crippen LogP contribution in [0.3, 0.4) is 0 Å². The number of thioether (sulfide) groups is 1. The highest BCUT2D eigenvalue weighted by Crippen LogP contribution is 2.34. The van der Waals surface area contributed by atoms with Gasteiger partial charge < -0.3 is 5.32 Å². The van der Waals surface area contributed by atoms with Gasteiger partial charge >= 0.3 is 0 Å². The van der Waals surface area contributed by atoms with Gasteiger partial charge in [0.2, 0.25) is 0 Å². The van der Waals surface area contributed by atoms with Gasteiger partial charge in [-0.25, -0.2) is 8.78 Å². The Labute approximate surface area is 178 Å². The van der Waals surface area contributed by atoms with E-state index in [1.165, 1.54) is 6.08 Å². The molecule has 5 nitrogen and oxygen atoms in total. The van der Waals surface area contributed by atoms with Gasteiger partial charge in [-0.3, -0.25) is 19.3 Å². The first-order valence-electron chi connectivity index (χ1n) is 8.20. The van der Waals surface area contributed by atoms with Gasteiger partial charge in [-0.05, 0) is 47.7 Å². The zero-order valence-electron chi connectivity index (χ0n) is 14.5. The van der Waals surface area contributed by atoms with Crippen LogP contribution in [0.5, 0.6) is 0 Å². The summed E-state index contributed by atoms with van der Waals surface area (Å²) in [6.45, 7) is -0.258. The Bertz CT molecular complexity index is 1050. The van der Waals surface area contributed by atoms with Crippen molar-refractivity contribution in [3.63, 3.8) is 0 Å². The maximum Gasteiger partial charge on any atom is 0.293 e. The fourth-order valence-corrected chi connectivity index (χ4v) is 3.73. The number of imide groups is 1. The van der Waals surface area contributed by atoms with Crippen molar-refractivity contribution in [1.29, 1.82) is 0 Å². The predicted octanol–water partition coefficient (Wildman–Crippen LogP) is 4.74. The SMILES string of the molecule is O=C(NCCN1C(=O)S/C(=C\c2cccc(Cl)c2Cl)C1=O)c1cc(F)ccc1F. The van der Waals surface area contributed by atoms with E-state index in [0.29, 0.717) is 10.6 Å². The van der Waals surface area contributed by atoms with E-state index in [2.05, 4.69) is 5.32 Å². The molecule has 2 aromatic rings. The van der Waals surface area contributed by atoms with Gasteiger partial charge in [-0.15, -0.1) is 0 Å². The van der Waals surface area contributed by atoms with Crippen LogP contribution in [0.2, 0.25) is 10.0 Å². The van der Waals surface area contributed by atoms with E-state index in [0.717, 1.165) is 34.9 Å². The average Bonchev–Trinajstić information content (AvgIpc) is 2.94. The average molecular weight is 457 g/mol. The molecule has 1 aliphatic heterocycles. The van der Waals surface area contributed by atoms with Crippen molar-refractivity contribution in [1.82, 2.24) is 10.2 Å². The van der Waals surface area contributed by atoms with Gasteiger partial charge in [0.1, 0.15) is 11.6 Å². The van der Waals surface area contributed by atoms with E-state index in [1.54, 1.807) is 18.2 Å². The molecule has 2 aromatic carbocycles. The van der Waals surface area contributed by atoms with E-state index < -0.39 is 34.3 Å². The molecule has 1 saturated heterocycles. The van der Waals surface area contributed by atoms with Crippen LogP contribution in [0.1, 0.15) is 15.9 Å². The van der Waals surface area contributed by atoms with Gasteiger partial charge in [-0.1, -0.05) is 35.3 Å². The normalized spacial score (nSPS) is 15.3. The Morgan fingerprint density at radius 2 is 1.93 bits per heavy atom. The van der Waals surface area contributed by atoms with Crippen LogP contribution in [0.4, 0.5) is 13.6 Å². The summed E-state index contributed by atoms with van der Waals surface area (Å²) in [6, 6.07) is 7.40. The molecule has 0 aliphatic carbocycles. The third-order valence-electron chi connectivity index (χ3n) is 3.94. The summed E-state index contributed by atoms with van der Waals surface area (Å²) in [6.07, 6.45) is 1.46. The summed E-state index contributed by atoms with van der Waals surface area (Å²) in [5.74, 6) is -3.04. The second-order valence-electron chi connectivity index (χ2n) is 5.86. The quantitative estimate of drug-likeness (QED) is 0.659. The van der Waals surface area contributed by atoms with Gasteiger partial charge in [0.25, 0.3) is 17.1 Å². The zero-order chi connectivity index (χ0) is 21.1. The number of carbonyl (C=O) groups is 3. The minimum absolute atomic E-state index is 0.127. The molecule has 0 unspecified atom stereocenters. The standard InChI is InChI=1S/C19H12Cl2F2N2O3S/c20-13-3-1-2-10(16(13)21)8-15-18(27)25(19(28)29-15)7-6-24-17(26)12-9-11(22)4-5-14(12)23/h1-5,8-9H,6-7H2,(H,24,26)/b15-8-. The van der Waals surface area contributed by atoms with Crippen molar-refractivity contribution in [3.8, 4) is 0 Å². The lowest BCUT2D eigenvalue weighted by Gasteiger charge is -2.13. The van der Waals surface area contributed by atoms with Crippen molar-refractivity contribution in [2.24, 2.45) is 0 Å². The molecule has 1 heterocycles. The Morgan fingerprint density at radius 1 is 1.17 bits per heavy atom. The summed E-state index contributed by atoms with van der Waals surface area (Å²) in [5, 5.41) is 2.40. The van der Waals surface area contributed by atoms with Gasteiger partial charge in [0, 0.05) is 13.1 Å². The minimum Gasteiger partial charge on any atom is -0.350 e. The van der Waals surface area contributed by atoms with Crippen molar-refractivity contribution in [3.05, 3.63) is 74.1 Å². The van der Waals surface area contributed by atoms with Crippen LogP contribution in [-0.2, 0) is 4.79 Å². The molecule has 1 N–H and O–H groups in total. The summed E-state index contributed by atoms with van der Waals surface area (Å²) in [4.78, 5) is 37.7. The van der Waals surface area contributed by atoms with Crippen LogP contribution >= 0.6 is 35.0 Å². The molecule has 10 heteroatoms. The predicted molar refractivity (Wildman–Crippen MR) is 108 cm³/mol. The third kappa shape index (κ3) is 4.77. The van der Waals surface area contributed by atoms with E-state index in [4.69, 9.17) is 23.2 Å². The number of hydrogen-bond donors (Lipinski definition) is 1. The number of halogens is 4. The molecule has 0 bridgehead atoms. The molecule has 150 valence electrons. The first-order valence-corrected chi connectivity index (χ1v) is 9.78. The maximum atomic E-state index is 13.6. The number of amides is 3. The lowest BCUT2D eigenvalue weighted by molar-refractivity contribution is -0.122. The summed E-state index contributed by atoms with van der Waals surface area (Å²) >= 11 is 12.8. The lowest BCUT2D eigenvalue weighted by Crippen LogP contribution is -2.37. The molecule has 0 radical (unpaired) electrons. The molecular formula is C19H12Cl2F2N2O3S. The number of nitrogens with one attached hydrogen (secondary N) is 1. The molecular weight excluding hydrogens is 445 g/mol. The highest BCUT2D eigenvalue weighted by atomic mass is 35.5. The van der Waals surface area contributed by atoms with E-state index in [-0.39, 0.29) is 23.0 Å². The number of carbonyl (C=O) groups excluding carboxylic acids is 3. The first kappa shape index (κ1) is 21.3. The molecule has 29 heavy (non-hydrogen) atoms. The zero-order valence-corrected chi connectivity index (χ0v) is 16.9. The second kappa shape index (κ2) is 8.94. The number of rotatable bonds is 5. The molecule has 0 atom stereocenters. The largest absolute Gasteiger partial charge is 0.350 e. The maximum absolute atomic E-state index is 13.6. The molecule has 3 rings (SSSR count). The van der Waals surface area contributed by atoms with Crippen LogP contribution in [0.15, 0.2) is 41.3 Å². The van der Waals surface area contributed by atoms with Crippen LogP contribution in [0, 0.1) is 11.6 Å². The fraction of sp³-hybridized carbons (Fsp3) is 0.105. The van der Waals surface area contributed by atoms with E-state index in [9.17, 15) is 23.2 Å². The molecule has 0 aromatic heterocycles. The lowest BCUT2D eigenvalue weighted by atomic mass is 10.2. The number of benzene rings is 2. The Morgan fingerprint density at radius 3 is 2.69 bits per heavy atom. The van der Waals surface area contributed by atoms with Gasteiger partial charge in [0.05, 0.1) is 20.5 Å². The Kier molecular flexibility index (Phi) is 6.56. The Hall–Kier alpha value is -2.42.